The molecule has 0 amide bonds. The van der Waals surface area contributed by atoms with Crippen molar-refractivity contribution >= 4 is 23.4 Å². The van der Waals surface area contributed by atoms with Gasteiger partial charge in [-0.25, -0.2) is 14.3 Å². The molecule has 1 aromatic heterocycles. The summed E-state index contributed by atoms with van der Waals surface area (Å²) in [6.07, 6.45) is -2.22. The molecule has 0 saturated carbocycles. The van der Waals surface area contributed by atoms with Crippen LogP contribution < -0.4 is 14.9 Å². The Hall–Kier alpha value is -2.96. The highest BCUT2D eigenvalue weighted by molar-refractivity contribution is 7.98. The molecule has 3 rings (SSSR count). The Bertz CT molecular complexity index is 1250. The fourth-order valence-electron chi connectivity index (χ4n) is 2.91. The second kappa shape index (κ2) is 9.67. The number of aromatic nitrogens is 2. The van der Waals surface area contributed by atoms with E-state index >= 15 is 0 Å². The molecule has 0 spiro atoms. The summed E-state index contributed by atoms with van der Waals surface area (Å²) < 4.78 is 46.6. The minimum atomic E-state index is -4.62. The molecule has 2 aromatic carbocycles. The molecule has 0 aliphatic rings. The highest BCUT2D eigenvalue weighted by Gasteiger charge is 2.33. The second-order valence-electron chi connectivity index (χ2n) is 6.85. The zero-order valence-electron chi connectivity index (χ0n) is 17.1. The summed E-state index contributed by atoms with van der Waals surface area (Å²) in [4.78, 5) is 14.9. The predicted octanol–water partition coefficient (Wildman–Crippen LogP) is 5.39. The first kappa shape index (κ1) is 23.7. The van der Waals surface area contributed by atoms with Crippen molar-refractivity contribution in [1.82, 2.24) is 4.98 Å². The van der Waals surface area contributed by atoms with E-state index in [1.165, 1.54) is 23.9 Å². The van der Waals surface area contributed by atoms with Crippen LogP contribution in [0.2, 0.25) is 5.02 Å². The van der Waals surface area contributed by atoms with Gasteiger partial charge in [-0.1, -0.05) is 24.6 Å². The summed E-state index contributed by atoms with van der Waals surface area (Å²) in [7, 11) is 1.83. The Morgan fingerprint density at radius 2 is 2.00 bits per heavy atom. The fourth-order valence-corrected chi connectivity index (χ4v) is 4.04. The Morgan fingerprint density at radius 1 is 1.25 bits per heavy atom. The lowest BCUT2D eigenvalue weighted by molar-refractivity contribution is -0.713. The molecule has 0 radical (unpaired) electrons. The molecular weight excluding hydrogens is 463 g/mol. The molecule has 0 unspecified atom stereocenters. The van der Waals surface area contributed by atoms with Gasteiger partial charge in [0.1, 0.15) is 23.8 Å². The van der Waals surface area contributed by atoms with E-state index in [2.05, 4.69) is 4.98 Å². The van der Waals surface area contributed by atoms with Crippen molar-refractivity contribution in [3.8, 4) is 17.6 Å². The van der Waals surface area contributed by atoms with Gasteiger partial charge in [-0.2, -0.15) is 18.4 Å². The lowest BCUT2D eigenvalue weighted by Gasteiger charge is -2.13. The van der Waals surface area contributed by atoms with Crippen LogP contribution in [-0.2, 0) is 25.4 Å². The number of H-pyrrole nitrogens is 1. The molecule has 166 valence electrons. The predicted molar refractivity (Wildman–Crippen MR) is 115 cm³/mol. The standard InChI is InChI=1S/C22H17ClF3N3O2S/c1-3-14-11-29(2)21(28-20(14)30)32-12-13-4-7-19(15(8-13)10-27)31-16-5-6-18(23)17(9-16)22(24,25)26/h4-9,11H,3,12H2,1-2H3/p+1. The normalized spacial score (nSPS) is 11.3. The number of ether oxygens (including phenoxy) is 1. The lowest BCUT2D eigenvalue weighted by Crippen LogP contribution is -2.37. The Labute approximate surface area is 191 Å². The fraction of sp³-hybridized carbons (Fsp3) is 0.227. The third kappa shape index (κ3) is 5.44. The van der Waals surface area contributed by atoms with Crippen molar-refractivity contribution in [2.45, 2.75) is 30.4 Å². The molecule has 0 atom stereocenters. The molecular formula is C22H18ClF3N3O2S+. The number of aromatic amines is 1. The average Bonchev–Trinajstić information content (AvgIpc) is 2.75. The number of hydrogen-bond acceptors (Lipinski definition) is 4. The van der Waals surface area contributed by atoms with Crippen LogP contribution in [0.3, 0.4) is 0 Å². The summed E-state index contributed by atoms with van der Waals surface area (Å²) in [6.45, 7) is 1.90. The van der Waals surface area contributed by atoms with Gasteiger partial charge in [0.2, 0.25) is 0 Å². The molecule has 1 heterocycles. The molecule has 32 heavy (non-hydrogen) atoms. The van der Waals surface area contributed by atoms with Crippen molar-refractivity contribution in [1.29, 1.82) is 5.26 Å². The monoisotopic (exact) mass is 480 g/mol. The van der Waals surface area contributed by atoms with Crippen molar-refractivity contribution in [3.05, 3.63) is 80.2 Å². The zero-order chi connectivity index (χ0) is 23.5. The van der Waals surface area contributed by atoms with Crippen molar-refractivity contribution in [2.75, 3.05) is 0 Å². The highest BCUT2D eigenvalue weighted by atomic mass is 35.5. The number of aryl methyl sites for hydroxylation is 2. The summed E-state index contributed by atoms with van der Waals surface area (Å²) in [5, 5.41) is 9.71. The Morgan fingerprint density at radius 3 is 2.66 bits per heavy atom. The number of thioether (sulfide) groups is 1. The molecule has 1 N–H and O–H groups in total. The van der Waals surface area contributed by atoms with Crippen molar-refractivity contribution in [3.63, 3.8) is 0 Å². The Balaban J connectivity index is 1.80. The van der Waals surface area contributed by atoms with E-state index in [-0.39, 0.29) is 22.6 Å². The van der Waals surface area contributed by atoms with E-state index in [1.54, 1.807) is 18.3 Å². The van der Waals surface area contributed by atoms with Crippen LogP contribution >= 0.6 is 23.4 Å². The number of nitrogens with one attached hydrogen (secondary N) is 1. The van der Waals surface area contributed by atoms with E-state index in [1.807, 2.05) is 24.6 Å². The number of nitriles is 1. The van der Waals surface area contributed by atoms with Crippen LogP contribution in [0.25, 0.3) is 0 Å². The smallest absolute Gasteiger partial charge is 0.417 e. The van der Waals surface area contributed by atoms with E-state index in [4.69, 9.17) is 16.3 Å². The van der Waals surface area contributed by atoms with Crippen LogP contribution in [0.4, 0.5) is 13.2 Å². The molecule has 0 aliphatic heterocycles. The first-order chi connectivity index (χ1) is 15.1. The number of rotatable bonds is 6. The topological polar surface area (TPSA) is 69.8 Å². The summed E-state index contributed by atoms with van der Waals surface area (Å²) in [6, 6.07) is 10.0. The quantitative estimate of drug-likeness (QED) is 0.292. The van der Waals surface area contributed by atoms with Gasteiger partial charge in [-0.05, 0) is 54.1 Å². The zero-order valence-corrected chi connectivity index (χ0v) is 18.7. The minimum absolute atomic E-state index is 0.0824. The highest BCUT2D eigenvalue weighted by Crippen LogP contribution is 2.38. The van der Waals surface area contributed by atoms with Crippen molar-refractivity contribution in [2.24, 2.45) is 7.05 Å². The molecule has 10 heteroatoms. The van der Waals surface area contributed by atoms with E-state index in [0.717, 1.165) is 17.7 Å². The Kier molecular flexibility index (Phi) is 7.16. The number of nitrogens with zero attached hydrogens (tertiary/aromatic N) is 2. The third-order valence-electron chi connectivity index (χ3n) is 4.57. The first-order valence-corrected chi connectivity index (χ1v) is 10.8. The largest absolute Gasteiger partial charge is 0.456 e. The number of halogens is 4. The average molecular weight is 481 g/mol. The van der Waals surface area contributed by atoms with Crippen LogP contribution in [-0.4, -0.2) is 4.98 Å². The molecule has 0 aliphatic carbocycles. The van der Waals surface area contributed by atoms with Crippen LogP contribution in [0.1, 0.15) is 29.2 Å². The number of hydrogen-bond donors (Lipinski definition) is 1. The van der Waals surface area contributed by atoms with Gasteiger partial charge in [0.15, 0.2) is 0 Å². The van der Waals surface area contributed by atoms with Gasteiger partial charge in [0.05, 0.1) is 28.8 Å². The maximum Gasteiger partial charge on any atom is 0.417 e. The molecule has 3 aromatic rings. The lowest BCUT2D eigenvalue weighted by atomic mass is 10.1. The first-order valence-electron chi connectivity index (χ1n) is 9.44. The summed E-state index contributed by atoms with van der Waals surface area (Å²) in [5.74, 6) is 0.507. The third-order valence-corrected chi connectivity index (χ3v) is 6.04. The molecule has 0 fully saturated rings. The van der Waals surface area contributed by atoms with Gasteiger partial charge in [-0.3, -0.25) is 0 Å². The summed E-state index contributed by atoms with van der Waals surface area (Å²) >= 11 is 7.02. The van der Waals surface area contributed by atoms with Gasteiger partial charge >= 0.3 is 16.9 Å². The maximum atomic E-state index is 13.1. The van der Waals surface area contributed by atoms with E-state index in [0.29, 0.717) is 22.9 Å². The van der Waals surface area contributed by atoms with Crippen LogP contribution in [0.5, 0.6) is 11.5 Å². The van der Waals surface area contributed by atoms with E-state index in [9.17, 15) is 23.2 Å². The van der Waals surface area contributed by atoms with Gasteiger partial charge in [-0.15, -0.1) is 0 Å². The SMILES string of the molecule is CCc1c[n+](C)c(SCc2ccc(Oc3ccc(Cl)c(C(F)(F)F)c3)c(C#N)c2)[nH]c1=O. The second-order valence-corrected chi connectivity index (χ2v) is 8.22. The van der Waals surface area contributed by atoms with Crippen LogP contribution in [0, 0.1) is 11.3 Å². The minimum Gasteiger partial charge on any atom is -0.456 e. The van der Waals surface area contributed by atoms with Gasteiger partial charge < -0.3 is 4.74 Å². The van der Waals surface area contributed by atoms with Gasteiger partial charge in [0, 0.05) is 5.75 Å². The molecule has 5 nitrogen and oxygen atoms in total. The molecule has 0 bridgehead atoms. The maximum absolute atomic E-state index is 13.1. The molecule has 0 saturated heterocycles. The van der Waals surface area contributed by atoms with Crippen molar-refractivity contribution < 1.29 is 22.5 Å². The summed E-state index contributed by atoms with van der Waals surface area (Å²) in [5.41, 5.74) is 0.480. The number of alkyl halides is 3. The van der Waals surface area contributed by atoms with Crippen LogP contribution in [0.15, 0.2) is 52.5 Å². The van der Waals surface area contributed by atoms with E-state index < -0.39 is 16.8 Å². The number of benzene rings is 2. The van der Waals surface area contributed by atoms with Gasteiger partial charge in [0.25, 0.3) is 0 Å².